The van der Waals surface area contributed by atoms with Crippen molar-refractivity contribution in [2.75, 3.05) is 19.6 Å². The number of rotatable bonds is 6. The Labute approximate surface area is 193 Å². The molecule has 1 fully saturated rings. The molecule has 172 valence electrons. The van der Waals surface area contributed by atoms with E-state index in [1.165, 1.54) is 22.3 Å². The summed E-state index contributed by atoms with van der Waals surface area (Å²) in [5.74, 6) is 0.313. The summed E-state index contributed by atoms with van der Waals surface area (Å²) in [6, 6.07) is 17.0. The van der Waals surface area contributed by atoms with Gasteiger partial charge in [0.2, 0.25) is 11.8 Å². The van der Waals surface area contributed by atoms with Gasteiger partial charge in [0.1, 0.15) is 0 Å². The summed E-state index contributed by atoms with van der Waals surface area (Å²) in [5.41, 5.74) is 4.33. The maximum absolute atomic E-state index is 13.2. The van der Waals surface area contributed by atoms with Crippen LogP contribution in [-0.4, -0.2) is 36.3 Å². The lowest BCUT2D eigenvalue weighted by Crippen LogP contribution is -2.51. The van der Waals surface area contributed by atoms with Crippen molar-refractivity contribution in [1.82, 2.24) is 10.2 Å². The first kappa shape index (κ1) is 24.0. The number of likely N-dealkylation sites (tertiary alicyclic amines) is 1. The summed E-state index contributed by atoms with van der Waals surface area (Å²) < 4.78 is 0. The highest BCUT2D eigenvalue weighted by Crippen LogP contribution is 2.37. The molecule has 1 aliphatic rings. The van der Waals surface area contributed by atoms with Gasteiger partial charge in [-0.05, 0) is 60.8 Å². The normalized spacial score (nSPS) is 16.0. The predicted octanol–water partition coefficient (Wildman–Crippen LogP) is 5.39. The number of benzene rings is 2. The second kappa shape index (κ2) is 9.89. The van der Waals surface area contributed by atoms with Crippen LogP contribution >= 0.6 is 0 Å². The molecule has 0 aliphatic carbocycles. The van der Waals surface area contributed by atoms with Crippen LogP contribution in [0.5, 0.6) is 0 Å². The number of aryl methyl sites for hydroxylation is 1. The van der Waals surface area contributed by atoms with E-state index in [0.717, 1.165) is 0 Å². The molecule has 2 aromatic carbocycles. The Balaban J connectivity index is 1.81. The van der Waals surface area contributed by atoms with Crippen molar-refractivity contribution in [2.45, 2.75) is 60.3 Å². The lowest BCUT2D eigenvalue weighted by Gasteiger charge is -2.41. The molecular weight excluding hydrogens is 396 g/mol. The quantitative estimate of drug-likeness (QED) is 0.663. The summed E-state index contributed by atoms with van der Waals surface area (Å²) in [7, 11) is 0. The molecule has 0 radical (unpaired) electrons. The van der Waals surface area contributed by atoms with E-state index in [1.54, 1.807) is 0 Å². The van der Waals surface area contributed by atoms with E-state index in [9.17, 15) is 9.59 Å². The third kappa shape index (κ3) is 5.79. The third-order valence-corrected chi connectivity index (χ3v) is 6.50. The Hall–Kier alpha value is -2.62. The molecule has 0 spiro atoms. The Morgan fingerprint density at radius 2 is 1.72 bits per heavy atom. The van der Waals surface area contributed by atoms with Crippen LogP contribution in [-0.2, 0) is 16.0 Å². The van der Waals surface area contributed by atoms with Crippen molar-refractivity contribution in [1.29, 1.82) is 0 Å². The minimum absolute atomic E-state index is 0.0266. The van der Waals surface area contributed by atoms with Crippen molar-refractivity contribution in [3.8, 4) is 11.1 Å². The lowest BCUT2D eigenvalue weighted by molar-refractivity contribution is -0.141. The van der Waals surface area contributed by atoms with E-state index >= 15 is 0 Å². The van der Waals surface area contributed by atoms with Crippen molar-refractivity contribution in [2.24, 2.45) is 10.8 Å². The number of nitrogens with zero attached hydrogens (tertiary/aromatic N) is 1. The number of amides is 2. The highest BCUT2D eigenvalue weighted by Gasteiger charge is 2.42. The molecule has 2 aromatic rings. The van der Waals surface area contributed by atoms with Gasteiger partial charge in [0.05, 0.1) is 5.41 Å². The smallest absolute Gasteiger partial charge is 0.226 e. The summed E-state index contributed by atoms with van der Waals surface area (Å²) in [4.78, 5) is 27.9. The zero-order valence-corrected chi connectivity index (χ0v) is 20.3. The van der Waals surface area contributed by atoms with Gasteiger partial charge in [-0.15, -0.1) is 0 Å². The number of carbonyl (C=O) groups is 2. The number of hydrogen-bond donors (Lipinski definition) is 1. The van der Waals surface area contributed by atoms with Crippen LogP contribution in [0.2, 0.25) is 0 Å². The molecule has 32 heavy (non-hydrogen) atoms. The number of nitrogens with one attached hydrogen (secondary N) is 1. The molecule has 0 aromatic heterocycles. The molecule has 0 saturated carbocycles. The SMILES string of the molecule is CCNC(=O)C1(Cc2cccc(-c3ccccc3C)c2)CCN(C(=O)CC(C)(C)C)CC1. The molecule has 1 heterocycles. The van der Waals surface area contributed by atoms with E-state index < -0.39 is 5.41 Å². The van der Waals surface area contributed by atoms with Crippen LogP contribution in [0.3, 0.4) is 0 Å². The lowest BCUT2D eigenvalue weighted by atomic mass is 9.72. The summed E-state index contributed by atoms with van der Waals surface area (Å²) in [5, 5.41) is 3.07. The average Bonchev–Trinajstić information content (AvgIpc) is 2.73. The zero-order valence-electron chi connectivity index (χ0n) is 20.3. The second-order valence-electron chi connectivity index (χ2n) is 10.5. The van der Waals surface area contributed by atoms with E-state index in [0.29, 0.717) is 45.3 Å². The number of hydrogen-bond acceptors (Lipinski definition) is 2. The van der Waals surface area contributed by atoms with Crippen LogP contribution in [0, 0.1) is 17.8 Å². The highest BCUT2D eigenvalue weighted by atomic mass is 16.2. The minimum Gasteiger partial charge on any atom is -0.356 e. The highest BCUT2D eigenvalue weighted by molar-refractivity contribution is 5.84. The van der Waals surface area contributed by atoms with Gasteiger partial charge in [-0.1, -0.05) is 69.3 Å². The largest absolute Gasteiger partial charge is 0.356 e. The van der Waals surface area contributed by atoms with Crippen molar-refractivity contribution in [3.63, 3.8) is 0 Å². The van der Waals surface area contributed by atoms with Gasteiger partial charge in [0, 0.05) is 26.1 Å². The maximum Gasteiger partial charge on any atom is 0.226 e. The van der Waals surface area contributed by atoms with Crippen molar-refractivity contribution in [3.05, 3.63) is 59.7 Å². The Bertz CT molecular complexity index is 950. The molecule has 0 unspecified atom stereocenters. The van der Waals surface area contributed by atoms with Gasteiger partial charge in [0.15, 0.2) is 0 Å². The monoisotopic (exact) mass is 434 g/mol. The van der Waals surface area contributed by atoms with Gasteiger partial charge >= 0.3 is 0 Å². The van der Waals surface area contributed by atoms with Gasteiger partial charge in [-0.2, -0.15) is 0 Å². The third-order valence-electron chi connectivity index (χ3n) is 6.50. The standard InChI is InChI=1S/C28H38N2O2/c1-6-29-26(32)28(14-16-30(17-15-28)25(31)20-27(3,4)5)19-22-11-9-12-23(18-22)24-13-8-7-10-21(24)2/h7-13,18H,6,14-17,19-20H2,1-5H3,(H,29,32). The van der Waals surface area contributed by atoms with Crippen molar-refractivity contribution >= 4 is 11.8 Å². The van der Waals surface area contributed by atoms with Gasteiger partial charge < -0.3 is 10.2 Å². The van der Waals surface area contributed by atoms with Gasteiger partial charge in [-0.25, -0.2) is 0 Å². The Kier molecular flexibility index (Phi) is 7.43. The number of piperidine rings is 1. The van der Waals surface area contributed by atoms with E-state index in [4.69, 9.17) is 0 Å². The molecule has 0 bridgehead atoms. The summed E-state index contributed by atoms with van der Waals surface area (Å²) >= 11 is 0. The first-order valence-electron chi connectivity index (χ1n) is 11.8. The molecule has 0 atom stereocenters. The molecule has 1 aliphatic heterocycles. The summed E-state index contributed by atoms with van der Waals surface area (Å²) in [6.45, 7) is 12.3. The fourth-order valence-electron chi connectivity index (χ4n) is 4.72. The van der Waals surface area contributed by atoms with Crippen LogP contribution in [0.15, 0.2) is 48.5 Å². The Morgan fingerprint density at radius 3 is 2.34 bits per heavy atom. The molecule has 4 heteroatoms. The first-order valence-corrected chi connectivity index (χ1v) is 11.8. The van der Waals surface area contributed by atoms with E-state index in [-0.39, 0.29) is 17.2 Å². The second-order valence-corrected chi connectivity index (χ2v) is 10.5. The van der Waals surface area contributed by atoms with E-state index in [1.807, 2.05) is 11.8 Å². The van der Waals surface area contributed by atoms with Crippen LogP contribution < -0.4 is 5.32 Å². The maximum atomic E-state index is 13.2. The first-order chi connectivity index (χ1) is 15.1. The molecule has 3 rings (SSSR count). The molecule has 1 N–H and O–H groups in total. The molecular formula is C28H38N2O2. The van der Waals surface area contributed by atoms with Crippen molar-refractivity contribution < 1.29 is 9.59 Å². The average molecular weight is 435 g/mol. The van der Waals surface area contributed by atoms with Crippen LogP contribution in [0.1, 0.15) is 58.1 Å². The van der Waals surface area contributed by atoms with Gasteiger partial charge in [-0.3, -0.25) is 9.59 Å². The fourth-order valence-corrected chi connectivity index (χ4v) is 4.72. The van der Waals surface area contributed by atoms with Gasteiger partial charge in [0.25, 0.3) is 0 Å². The molecule has 1 saturated heterocycles. The topological polar surface area (TPSA) is 49.4 Å². The van der Waals surface area contributed by atoms with E-state index in [2.05, 4.69) is 81.5 Å². The number of carbonyl (C=O) groups excluding carboxylic acids is 2. The predicted molar refractivity (Wildman–Crippen MR) is 131 cm³/mol. The minimum atomic E-state index is -0.473. The Morgan fingerprint density at radius 1 is 1.03 bits per heavy atom. The fraction of sp³-hybridized carbons (Fsp3) is 0.500. The molecule has 2 amide bonds. The van der Waals surface area contributed by atoms with Crippen LogP contribution in [0.4, 0.5) is 0 Å². The molecule has 4 nitrogen and oxygen atoms in total. The van der Waals surface area contributed by atoms with Crippen LogP contribution in [0.25, 0.3) is 11.1 Å². The zero-order chi connectivity index (χ0) is 23.4. The summed E-state index contributed by atoms with van der Waals surface area (Å²) in [6.07, 6.45) is 2.63.